The zero-order chi connectivity index (χ0) is 21.3. The maximum absolute atomic E-state index is 12.9. The van der Waals surface area contributed by atoms with Crippen molar-refractivity contribution in [2.24, 2.45) is 4.99 Å². The van der Waals surface area contributed by atoms with Gasteiger partial charge < -0.3 is 4.74 Å². The molecule has 2 fully saturated rings. The lowest BCUT2D eigenvalue weighted by atomic mass is 10.1. The van der Waals surface area contributed by atoms with Crippen LogP contribution in [0.2, 0.25) is 0 Å². The molecule has 8 nitrogen and oxygen atoms in total. The summed E-state index contributed by atoms with van der Waals surface area (Å²) < 4.78 is 34.2. The van der Waals surface area contributed by atoms with Crippen molar-refractivity contribution in [1.82, 2.24) is 14.7 Å². The van der Waals surface area contributed by atoms with E-state index in [2.05, 4.69) is 14.6 Å². The highest BCUT2D eigenvalue weighted by Crippen LogP contribution is 2.24. The van der Waals surface area contributed by atoms with Gasteiger partial charge in [0.1, 0.15) is 0 Å². The monoisotopic (exact) mass is 442 g/mol. The largest absolute Gasteiger partial charge is 0.350 e. The first-order valence-corrected chi connectivity index (χ1v) is 12.1. The molecule has 2 aromatic carbocycles. The number of hydrogen-bond acceptors (Lipinski definition) is 7. The number of fused-ring (bicyclic) bond motifs is 1. The Morgan fingerprint density at radius 3 is 2.74 bits per heavy atom. The van der Waals surface area contributed by atoms with Gasteiger partial charge in [-0.1, -0.05) is 30.3 Å². The van der Waals surface area contributed by atoms with Crippen LogP contribution in [0, 0.1) is 0 Å². The summed E-state index contributed by atoms with van der Waals surface area (Å²) in [7, 11) is -3.60. The second kappa shape index (κ2) is 8.68. The third kappa shape index (κ3) is 4.51. The summed E-state index contributed by atoms with van der Waals surface area (Å²) in [5.74, 6) is 0. The van der Waals surface area contributed by atoms with Gasteiger partial charge in [-0.15, -0.1) is 0 Å². The SMILES string of the molecule is O=S(=O)(NC1CN(C2N=CC=CN2OC2CCCCO2)C1)c1ccc2ccccc2c1. The van der Waals surface area contributed by atoms with Crippen LogP contribution in [0.1, 0.15) is 19.3 Å². The van der Waals surface area contributed by atoms with Gasteiger partial charge >= 0.3 is 0 Å². The number of hydrogen-bond donors (Lipinski definition) is 1. The van der Waals surface area contributed by atoms with E-state index >= 15 is 0 Å². The molecule has 0 bridgehead atoms. The molecule has 2 atom stereocenters. The van der Waals surface area contributed by atoms with Gasteiger partial charge in [-0.05, 0) is 41.8 Å². The van der Waals surface area contributed by atoms with Crippen LogP contribution in [-0.4, -0.2) is 62.9 Å². The van der Waals surface area contributed by atoms with Crippen molar-refractivity contribution in [1.29, 1.82) is 0 Å². The summed E-state index contributed by atoms with van der Waals surface area (Å²) in [6.07, 6.45) is 7.80. The molecule has 3 aliphatic heterocycles. The molecule has 3 aliphatic rings. The van der Waals surface area contributed by atoms with Crippen LogP contribution in [0.4, 0.5) is 0 Å². The van der Waals surface area contributed by atoms with Crippen LogP contribution < -0.4 is 4.72 Å². The summed E-state index contributed by atoms with van der Waals surface area (Å²) in [6.45, 7) is 1.81. The Labute approximate surface area is 182 Å². The number of sulfonamides is 1. The molecule has 2 aromatic rings. The van der Waals surface area contributed by atoms with E-state index in [4.69, 9.17) is 9.57 Å². The predicted molar refractivity (Wildman–Crippen MR) is 118 cm³/mol. The molecule has 9 heteroatoms. The fraction of sp³-hybridized carbons (Fsp3) is 0.409. The minimum atomic E-state index is -3.60. The highest BCUT2D eigenvalue weighted by Gasteiger charge is 2.38. The highest BCUT2D eigenvalue weighted by molar-refractivity contribution is 7.89. The molecule has 0 aliphatic carbocycles. The number of allylic oxidation sites excluding steroid dienone is 1. The molecule has 2 unspecified atom stereocenters. The zero-order valence-electron chi connectivity index (χ0n) is 17.1. The Kier molecular flexibility index (Phi) is 5.77. The van der Waals surface area contributed by atoms with E-state index in [9.17, 15) is 8.42 Å². The number of benzene rings is 2. The Balaban J connectivity index is 1.20. The van der Waals surface area contributed by atoms with Gasteiger partial charge in [0.05, 0.1) is 4.90 Å². The summed E-state index contributed by atoms with van der Waals surface area (Å²) >= 11 is 0. The fourth-order valence-corrected chi connectivity index (χ4v) is 5.32. The van der Waals surface area contributed by atoms with Crippen LogP contribution in [0.3, 0.4) is 0 Å². The summed E-state index contributed by atoms with van der Waals surface area (Å²) in [5, 5.41) is 3.62. The number of hydroxylamine groups is 2. The van der Waals surface area contributed by atoms with Crippen molar-refractivity contribution in [3.63, 3.8) is 0 Å². The second-order valence-electron chi connectivity index (χ2n) is 8.03. The van der Waals surface area contributed by atoms with Crippen molar-refractivity contribution in [2.45, 2.75) is 42.8 Å². The standard InChI is InChI=1S/C22H26N4O4S/c27-31(28,20-10-9-17-6-1-2-7-18(17)14-20)24-19-15-25(16-19)22-23-11-5-12-26(22)30-21-8-3-4-13-29-21/h1-2,5-7,9-12,14,19,21-22,24H,3-4,8,13,15-16H2. The summed E-state index contributed by atoms with van der Waals surface area (Å²) in [6, 6.07) is 12.7. The van der Waals surface area contributed by atoms with Crippen molar-refractivity contribution >= 4 is 27.0 Å². The molecule has 31 heavy (non-hydrogen) atoms. The minimum Gasteiger partial charge on any atom is -0.350 e. The third-order valence-corrected chi connectivity index (χ3v) is 7.25. The van der Waals surface area contributed by atoms with Crippen LogP contribution in [0.25, 0.3) is 10.8 Å². The lowest BCUT2D eigenvalue weighted by Crippen LogP contribution is -2.64. The number of aliphatic imine (C=N–C) groups is 1. The Morgan fingerprint density at radius 2 is 1.94 bits per heavy atom. The number of nitrogens with zero attached hydrogens (tertiary/aromatic N) is 3. The molecule has 5 rings (SSSR count). The van der Waals surface area contributed by atoms with Gasteiger partial charge in [0, 0.05) is 44.6 Å². The van der Waals surface area contributed by atoms with Crippen molar-refractivity contribution in [3.8, 4) is 0 Å². The molecular weight excluding hydrogens is 416 g/mol. The van der Waals surface area contributed by atoms with E-state index in [1.807, 2.05) is 42.6 Å². The Bertz CT molecular complexity index is 1090. The van der Waals surface area contributed by atoms with Gasteiger partial charge in [0.25, 0.3) is 0 Å². The van der Waals surface area contributed by atoms with Gasteiger partial charge in [0.15, 0.2) is 6.29 Å². The first-order chi connectivity index (χ1) is 15.1. The predicted octanol–water partition coefficient (Wildman–Crippen LogP) is 2.44. The van der Waals surface area contributed by atoms with Crippen LogP contribution >= 0.6 is 0 Å². The molecule has 164 valence electrons. The average Bonchev–Trinajstić information content (AvgIpc) is 2.77. The van der Waals surface area contributed by atoms with E-state index in [1.54, 1.807) is 23.4 Å². The molecule has 0 spiro atoms. The second-order valence-corrected chi connectivity index (χ2v) is 9.74. The van der Waals surface area contributed by atoms with Crippen LogP contribution in [0.5, 0.6) is 0 Å². The average molecular weight is 443 g/mol. The Hall–Kier alpha value is -2.30. The van der Waals surface area contributed by atoms with Crippen LogP contribution in [-0.2, 0) is 19.6 Å². The van der Waals surface area contributed by atoms with Gasteiger partial charge in [-0.3, -0.25) is 9.89 Å². The maximum atomic E-state index is 12.9. The molecular formula is C22H26N4O4S. The van der Waals surface area contributed by atoms with E-state index in [1.165, 1.54) is 0 Å². The van der Waals surface area contributed by atoms with E-state index in [-0.39, 0.29) is 23.5 Å². The van der Waals surface area contributed by atoms with Crippen molar-refractivity contribution in [3.05, 3.63) is 54.7 Å². The van der Waals surface area contributed by atoms with Gasteiger partial charge in [-0.25, -0.2) is 23.0 Å². The topological polar surface area (TPSA) is 83.5 Å². The minimum absolute atomic E-state index is 0.176. The summed E-state index contributed by atoms with van der Waals surface area (Å²) in [4.78, 5) is 12.8. The molecule has 1 N–H and O–H groups in total. The first kappa shape index (κ1) is 20.6. The maximum Gasteiger partial charge on any atom is 0.240 e. The van der Waals surface area contributed by atoms with E-state index < -0.39 is 10.0 Å². The number of nitrogens with one attached hydrogen (secondary N) is 1. The lowest BCUT2D eigenvalue weighted by molar-refractivity contribution is -0.301. The van der Waals surface area contributed by atoms with E-state index in [0.29, 0.717) is 19.7 Å². The number of ether oxygens (including phenoxy) is 1. The summed E-state index contributed by atoms with van der Waals surface area (Å²) in [5.41, 5.74) is 0. The van der Waals surface area contributed by atoms with Gasteiger partial charge in [-0.2, -0.15) is 0 Å². The zero-order valence-corrected chi connectivity index (χ0v) is 17.9. The number of rotatable bonds is 6. The molecule has 3 heterocycles. The van der Waals surface area contributed by atoms with E-state index in [0.717, 1.165) is 30.0 Å². The molecule has 0 radical (unpaired) electrons. The Morgan fingerprint density at radius 1 is 1.10 bits per heavy atom. The lowest BCUT2D eigenvalue weighted by Gasteiger charge is -2.46. The molecule has 0 saturated carbocycles. The third-order valence-electron chi connectivity index (χ3n) is 5.73. The molecule has 2 saturated heterocycles. The molecule has 0 aromatic heterocycles. The molecule has 0 amide bonds. The number of likely N-dealkylation sites (tertiary alicyclic amines) is 1. The normalized spacial score (nSPS) is 25.1. The van der Waals surface area contributed by atoms with Crippen LogP contribution in [0.15, 0.2) is 64.6 Å². The smallest absolute Gasteiger partial charge is 0.240 e. The fourth-order valence-electron chi connectivity index (χ4n) is 4.07. The highest BCUT2D eigenvalue weighted by atomic mass is 32.2. The first-order valence-electron chi connectivity index (χ1n) is 10.6. The quantitative estimate of drug-likeness (QED) is 0.740. The van der Waals surface area contributed by atoms with Gasteiger partial charge in [0.2, 0.25) is 16.3 Å². The van der Waals surface area contributed by atoms with Crippen molar-refractivity contribution < 1.29 is 18.0 Å². The van der Waals surface area contributed by atoms with Crippen molar-refractivity contribution in [2.75, 3.05) is 19.7 Å².